The molecule has 0 aromatic carbocycles. The number of hydrogen-bond donors (Lipinski definition) is 1. The predicted molar refractivity (Wildman–Crippen MR) is 68.3 cm³/mol. The van der Waals surface area contributed by atoms with Gasteiger partial charge in [-0.25, -0.2) is 13.1 Å². The smallest absolute Gasteiger partial charge is 0.212 e. The molecule has 0 aromatic heterocycles. The summed E-state index contributed by atoms with van der Waals surface area (Å²) in [5.74, 6) is 1.00. The van der Waals surface area contributed by atoms with E-state index in [-0.39, 0.29) is 17.7 Å². The van der Waals surface area contributed by atoms with Crippen LogP contribution in [-0.4, -0.2) is 26.1 Å². The summed E-state index contributed by atoms with van der Waals surface area (Å²) < 4.78 is 25.8. The number of halogens is 1. The van der Waals surface area contributed by atoms with Crippen molar-refractivity contribution in [1.29, 1.82) is 0 Å². The summed E-state index contributed by atoms with van der Waals surface area (Å²) in [4.78, 5) is 0. The van der Waals surface area contributed by atoms with Gasteiger partial charge in [0.2, 0.25) is 10.0 Å². The van der Waals surface area contributed by atoms with Gasteiger partial charge in [0.25, 0.3) is 0 Å². The molecule has 1 aliphatic rings. The summed E-state index contributed by atoms with van der Waals surface area (Å²) in [5.41, 5.74) is 0. The van der Waals surface area contributed by atoms with E-state index in [0.29, 0.717) is 0 Å². The topological polar surface area (TPSA) is 46.2 Å². The van der Waals surface area contributed by atoms with Gasteiger partial charge in [0, 0.05) is 11.9 Å². The fraction of sp³-hybridized carbons (Fsp3) is 1.00. The Morgan fingerprint density at radius 1 is 1.25 bits per heavy atom. The number of rotatable bonds is 6. The van der Waals surface area contributed by atoms with Crippen molar-refractivity contribution in [3.8, 4) is 0 Å². The molecule has 0 saturated heterocycles. The molecule has 0 unspecified atom stereocenters. The van der Waals surface area contributed by atoms with Gasteiger partial charge in [0.1, 0.15) is 0 Å². The highest BCUT2D eigenvalue weighted by Gasteiger charge is 2.23. The molecule has 1 rings (SSSR count). The summed E-state index contributed by atoms with van der Waals surface area (Å²) in [6.45, 7) is 2.20. The minimum Gasteiger partial charge on any atom is -0.212 e. The average molecular weight is 268 g/mol. The Labute approximate surface area is 104 Å². The molecular weight excluding hydrogens is 246 g/mol. The molecule has 0 spiro atoms. The maximum atomic E-state index is 11.5. The SMILES string of the molecule is CCCC1CCC(NS(=O)(=O)CCCl)CC1. The Morgan fingerprint density at radius 3 is 2.38 bits per heavy atom. The molecule has 0 amide bonds. The summed E-state index contributed by atoms with van der Waals surface area (Å²) in [5, 5.41) is 0. The first-order valence-electron chi connectivity index (χ1n) is 6.13. The molecule has 0 aromatic rings. The van der Waals surface area contributed by atoms with Crippen LogP contribution in [0.3, 0.4) is 0 Å². The molecular formula is C11H22ClNO2S. The van der Waals surface area contributed by atoms with Crippen molar-refractivity contribution in [2.45, 2.75) is 51.5 Å². The van der Waals surface area contributed by atoms with Gasteiger partial charge in [-0.05, 0) is 31.6 Å². The van der Waals surface area contributed by atoms with Crippen molar-refractivity contribution in [2.24, 2.45) is 5.92 Å². The van der Waals surface area contributed by atoms with Gasteiger partial charge in [-0.3, -0.25) is 0 Å². The lowest BCUT2D eigenvalue weighted by molar-refractivity contribution is 0.297. The van der Waals surface area contributed by atoms with E-state index in [9.17, 15) is 8.42 Å². The largest absolute Gasteiger partial charge is 0.213 e. The Bertz CT molecular complexity index is 284. The normalized spacial score (nSPS) is 26.9. The van der Waals surface area contributed by atoms with Crippen LogP contribution in [0, 0.1) is 5.92 Å². The Kier molecular flexibility index (Phi) is 6.08. The van der Waals surface area contributed by atoms with Crippen molar-refractivity contribution in [1.82, 2.24) is 4.72 Å². The van der Waals surface area contributed by atoms with E-state index >= 15 is 0 Å². The van der Waals surface area contributed by atoms with Crippen molar-refractivity contribution < 1.29 is 8.42 Å². The second-order valence-corrected chi connectivity index (χ2v) is 6.88. The van der Waals surface area contributed by atoms with Gasteiger partial charge < -0.3 is 0 Å². The number of hydrogen-bond acceptors (Lipinski definition) is 2. The molecule has 1 aliphatic carbocycles. The third kappa shape index (κ3) is 5.02. The maximum absolute atomic E-state index is 11.5. The standard InChI is InChI=1S/C11H22ClNO2S/c1-2-3-10-4-6-11(7-5-10)13-16(14,15)9-8-12/h10-11,13H,2-9H2,1H3. The molecule has 0 radical (unpaired) electrons. The second kappa shape index (κ2) is 6.82. The summed E-state index contributed by atoms with van der Waals surface area (Å²) in [6.07, 6.45) is 6.77. The molecule has 0 bridgehead atoms. The van der Waals surface area contributed by atoms with Gasteiger partial charge in [-0.15, -0.1) is 11.6 Å². The van der Waals surface area contributed by atoms with E-state index in [1.54, 1.807) is 0 Å². The molecule has 1 saturated carbocycles. The maximum Gasteiger partial charge on any atom is 0.213 e. The highest BCUT2D eigenvalue weighted by molar-refractivity contribution is 7.89. The van der Waals surface area contributed by atoms with Gasteiger partial charge in [-0.2, -0.15) is 0 Å². The van der Waals surface area contributed by atoms with Crippen molar-refractivity contribution in [3.05, 3.63) is 0 Å². The van der Waals surface area contributed by atoms with Crippen LogP contribution >= 0.6 is 11.6 Å². The summed E-state index contributed by atoms with van der Waals surface area (Å²) in [6, 6.07) is 0.140. The van der Waals surface area contributed by atoms with Crippen LogP contribution in [0.1, 0.15) is 45.4 Å². The minimum absolute atomic E-state index is 0.0312. The van der Waals surface area contributed by atoms with Crippen molar-refractivity contribution >= 4 is 21.6 Å². The third-order valence-corrected chi connectivity index (χ3v) is 5.08. The molecule has 16 heavy (non-hydrogen) atoms. The van der Waals surface area contributed by atoms with Crippen LogP contribution in [0.4, 0.5) is 0 Å². The van der Waals surface area contributed by atoms with Crippen LogP contribution < -0.4 is 4.72 Å². The fourth-order valence-corrected chi connectivity index (χ4v) is 4.07. The lowest BCUT2D eigenvalue weighted by Gasteiger charge is -2.28. The van der Waals surface area contributed by atoms with Gasteiger partial charge >= 0.3 is 0 Å². The highest BCUT2D eigenvalue weighted by Crippen LogP contribution is 2.27. The monoisotopic (exact) mass is 267 g/mol. The second-order valence-electron chi connectivity index (χ2n) is 4.63. The van der Waals surface area contributed by atoms with Crippen molar-refractivity contribution in [3.63, 3.8) is 0 Å². The van der Waals surface area contributed by atoms with E-state index in [1.165, 1.54) is 12.8 Å². The number of sulfonamides is 1. The van der Waals surface area contributed by atoms with Crippen LogP contribution in [0.5, 0.6) is 0 Å². The van der Waals surface area contributed by atoms with Crippen LogP contribution in [0.2, 0.25) is 0 Å². The van der Waals surface area contributed by atoms with Crippen LogP contribution in [0.15, 0.2) is 0 Å². The van der Waals surface area contributed by atoms with E-state index in [4.69, 9.17) is 11.6 Å². The van der Waals surface area contributed by atoms with Crippen molar-refractivity contribution in [2.75, 3.05) is 11.6 Å². The van der Waals surface area contributed by atoms with Crippen LogP contribution in [0.25, 0.3) is 0 Å². The third-order valence-electron chi connectivity index (χ3n) is 3.24. The van der Waals surface area contributed by atoms with E-state index in [2.05, 4.69) is 11.6 Å². The highest BCUT2D eigenvalue weighted by atomic mass is 35.5. The molecule has 5 heteroatoms. The summed E-state index contributed by atoms with van der Waals surface area (Å²) in [7, 11) is -3.14. The first kappa shape index (κ1) is 14.3. The van der Waals surface area contributed by atoms with Gasteiger partial charge in [0.05, 0.1) is 5.75 Å². The molecule has 1 N–H and O–H groups in total. The first-order chi connectivity index (χ1) is 7.57. The van der Waals surface area contributed by atoms with Gasteiger partial charge in [0.15, 0.2) is 0 Å². The van der Waals surface area contributed by atoms with E-state index in [0.717, 1.165) is 31.6 Å². The number of nitrogens with one attached hydrogen (secondary N) is 1. The quantitative estimate of drug-likeness (QED) is 0.752. The summed E-state index contributed by atoms with van der Waals surface area (Å²) >= 11 is 5.45. The molecule has 96 valence electrons. The zero-order valence-corrected chi connectivity index (χ0v) is 11.5. The molecule has 0 atom stereocenters. The van der Waals surface area contributed by atoms with E-state index in [1.807, 2.05) is 0 Å². The lowest BCUT2D eigenvalue weighted by Crippen LogP contribution is -2.39. The molecule has 3 nitrogen and oxygen atoms in total. The minimum atomic E-state index is -3.14. The molecule has 0 heterocycles. The molecule has 1 fully saturated rings. The number of alkyl halides is 1. The van der Waals surface area contributed by atoms with E-state index < -0.39 is 10.0 Å². The first-order valence-corrected chi connectivity index (χ1v) is 8.32. The Morgan fingerprint density at radius 2 is 1.88 bits per heavy atom. The fourth-order valence-electron chi connectivity index (χ4n) is 2.39. The van der Waals surface area contributed by atoms with Gasteiger partial charge in [-0.1, -0.05) is 19.8 Å². The zero-order valence-electron chi connectivity index (χ0n) is 9.91. The Balaban J connectivity index is 2.32. The Hall–Kier alpha value is 0.200. The average Bonchev–Trinajstić information content (AvgIpc) is 2.21. The molecule has 0 aliphatic heterocycles. The zero-order chi connectivity index (χ0) is 12.0. The van der Waals surface area contributed by atoms with Crippen LogP contribution in [-0.2, 0) is 10.0 Å². The predicted octanol–water partition coefficient (Wildman–Crippen LogP) is 2.50. The lowest BCUT2D eigenvalue weighted by atomic mass is 9.84.